The Labute approximate surface area is 168 Å². The van der Waals surface area contributed by atoms with Crippen LogP contribution in [-0.4, -0.2) is 54.3 Å². The first-order valence-electron chi connectivity index (χ1n) is 8.84. The molecule has 0 saturated carbocycles. The number of nitrogens with one attached hydrogen (secondary N) is 1. The van der Waals surface area contributed by atoms with Crippen LogP contribution < -0.4 is 5.32 Å². The monoisotopic (exact) mass is 405 g/mol. The number of amides is 2. The Balaban J connectivity index is 1.44. The summed E-state index contributed by atoms with van der Waals surface area (Å²) in [5.41, 5.74) is 1.27. The van der Waals surface area contributed by atoms with E-state index in [1.807, 2.05) is 30.3 Å². The lowest BCUT2D eigenvalue weighted by molar-refractivity contribution is -0.116. The zero-order valence-electron chi connectivity index (χ0n) is 14.8. The van der Waals surface area contributed by atoms with Crippen LogP contribution in [0, 0.1) is 0 Å². The fourth-order valence-corrected chi connectivity index (χ4v) is 3.50. The van der Waals surface area contributed by atoms with E-state index in [1.54, 1.807) is 23.1 Å². The standard InChI is InChI=1S/C20H21Cl2N3O2/c21-15-6-7-17(18(22)14-15)20(27)25-12-10-24(11-13-25)9-8-19(26)23-16-4-2-1-3-5-16/h1-7,14H,8-13H2,(H,23,26). The molecular weight excluding hydrogens is 385 g/mol. The number of halogens is 2. The first-order valence-corrected chi connectivity index (χ1v) is 9.60. The van der Waals surface area contributed by atoms with Crippen LogP contribution in [0.5, 0.6) is 0 Å². The van der Waals surface area contributed by atoms with E-state index in [1.165, 1.54) is 0 Å². The molecule has 2 amide bonds. The highest BCUT2D eigenvalue weighted by Gasteiger charge is 2.23. The third-order valence-corrected chi connectivity index (χ3v) is 5.08. The van der Waals surface area contributed by atoms with Crippen molar-refractivity contribution < 1.29 is 9.59 Å². The Morgan fingerprint density at radius 2 is 1.67 bits per heavy atom. The van der Waals surface area contributed by atoms with E-state index in [-0.39, 0.29) is 11.8 Å². The molecule has 0 bridgehead atoms. The van der Waals surface area contributed by atoms with Gasteiger partial charge in [-0.25, -0.2) is 0 Å². The number of carbonyl (C=O) groups is 2. The van der Waals surface area contributed by atoms with Gasteiger partial charge in [0.15, 0.2) is 0 Å². The summed E-state index contributed by atoms with van der Waals surface area (Å²) < 4.78 is 0. The van der Waals surface area contributed by atoms with Gasteiger partial charge < -0.3 is 10.2 Å². The van der Waals surface area contributed by atoms with Gasteiger partial charge in [-0.15, -0.1) is 0 Å². The second-order valence-corrected chi connectivity index (χ2v) is 7.27. The minimum Gasteiger partial charge on any atom is -0.336 e. The molecule has 2 aromatic carbocycles. The number of rotatable bonds is 5. The normalized spacial score (nSPS) is 14.8. The van der Waals surface area contributed by atoms with E-state index in [0.29, 0.717) is 41.7 Å². The third kappa shape index (κ3) is 5.45. The van der Waals surface area contributed by atoms with Gasteiger partial charge in [0.25, 0.3) is 5.91 Å². The number of benzene rings is 2. The van der Waals surface area contributed by atoms with Gasteiger partial charge in [0.1, 0.15) is 0 Å². The summed E-state index contributed by atoms with van der Waals surface area (Å²) in [6, 6.07) is 14.3. The summed E-state index contributed by atoms with van der Waals surface area (Å²) in [6.07, 6.45) is 0.422. The fraction of sp³-hybridized carbons (Fsp3) is 0.300. The Morgan fingerprint density at radius 1 is 0.963 bits per heavy atom. The SMILES string of the molecule is O=C(CCN1CCN(C(=O)c2ccc(Cl)cc2Cl)CC1)Nc1ccccc1. The minimum atomic E-state index is -0.0851. The fourth-order valence-electron chi connectivity index (χ4n) is 3.01. The maximum atomic E-state index is 12.6. The molecule has 1 N–H and O–H groups in total. The molecule has 142 valence electrons. The number of anilines is 1. The van der Waals surface area contributed by atoms with Crippen molar-refractivity contribution in [2.75, 3.05) is 38.0 Å². The van der Waals surface area contributed by atoms with Crippen molar-refractivity contribution in [2.45, 2.75) is 6.42 Å². The zero-order valence-corrected chi connectivity index (χ0v) is 16.3. The molecule has 1 aliphatic heterocycles. The van der Waals surface area contributed by atoms with Crippen molar-refractivity contribution >= 4 is 40.7 Å². The predicted octanol–water partition coefficient (Wildman–Crippen LogP) is 3.78. The van der Waals surface area contributed by atoms with Crippen molar-refractivity contribution in [3.05, 3.63) is 64.1 Å². The minimum absolute atomic E-state index is 0.00680. The molecule has 2 aromatic rings. The first-order chi connectivity index (χ1) is 13.0. The summed E-state index contributed by atoms with van der Waals surface area (Å²) in [5.74, 6) is -0.0919. The number of hydrogen-bond donors (Lipinski definition) is 1. The average molecular weight is 406 g/mol. The van der Waals surface area contributed by atoms with Crippen molar-refractivity contribution in [2.24, 2.45) is 0 Å². The molecule has 3 rings (SSSR count). The highest BCUT2D eigenvalue weighted by atomic mass is 35.5. The number of hydrogen-bond acceptors (Lipinski definition) is 3. The second-order valence-electron chi connectivity index (χ2n) is 6.42. The molecule has 7 heteroatoms. The Morgan fingerprint density at radius 3 is 2.33 bits per heavy atom. The number of para-hydroxylation sites is 1. The molecule has 1 saturated heterocycles. The van der Waals surface area contributed by atoms with Gasteiger partial charge >= 0.3 is 0 Å². The van der Waals surface area contributed by atoms with Crippen molar-refractivity contribution in [3.8, 4) is 0 Å². The quantitative estimate of drug-likeness (QED) is 0.823. The molecule has 27 heavy (non-hydrogen) atoms. The van der Waals surface area contributed by atoms with Gasteiger partial charge in [-0.3, -0.25) is 14.5 Å². The topological polar surface area (TPSA) is 52.7 Å². The summed E-state index contributed by atoms with van der Waals surface area (Å²) in [6.45, 7) is 3.35. The molecular formula is C20H21Cl2N3O2. The van der Waals surface area contributed by atoms with Crippen LogP contribution in [-0.2, 0) is 4.79 Å². The van der Waals surface area contributed by atoms with Crippen LogP contribution in [0.25, 0.3) is 0 Å². The van der Waals surface area contributed by atoms with Gasteiger partial charge in [-0.05, 0) is 30.3 Å². The molecule has 1 heterocycles. The second kappa shape index (κ2) is 9.22. The summed E-state index contributed by atoms with van der Waals surface area (Å²) in [7, 11) is 0. The lowest BCUT2D eigenvalue weighted by Crippen LogP contribution is -2.49. The van der Waals surface area contributed by atoms with Crippen LogP contribution >= 0.6 is 23.2 Å². The van der Waals surface area contributed by atoms with Crippen LogP contribution in [0.2, 0.25) is 10.0 Å². The number of nitrogens with zero attached hydrogens (tertiary/aromatic N) is 2. The molecule has 0 aliphatic carbocycles. The highest BCUT2D eigenvalue weighted by molar-refractivity contribution is 6.36. The smallest absolute Gasteiger partial charge is 0.255 e. The van der Waals surface area contributed by atoms with E-state index in [2.05, 4.69) is 10.2 Å². The summed E-state index contributed by atoms with van der Waals surface area (Å²) >= 11 is 12.0. The average Bonchev–Trinajstić information content (AvgIpc) is 2.67. The Bertz CT molecular complexity index is 806. The van der Waals surface area contributed by atoms with E-state index in [9.17, 15) is 9.59 Å². The molecule has 0 atom stereocenters. The lowest BCUT2D eigenvalue weighted by Gasteiger charge is -2.34. The predicted molar refractivity (Wildman–Crippen MR) is 108 cm³/mol. The van der Waals surface area contributed by atoms with E-state index >= 15 is 0 Å². The van der Waals surface area contributed by atoms with Crippen molar-refractivity contribution in [1.82, 2.24) is 9.80 Å². The van der Waals surface area contributed by atoms with Crippen molar-refractivity contribution in [1.29, 1.82) is 0 Å². The third-order valence-electron chi connectivity index (χ3n) is 4.53. The number of carbonyl (C=O) groups excluding carboxylic acids is 2. The van der Waals surface area contributed by atoms with Gasteiger partial charge in [0, 0.05) is 49.9 Å². The van der Waals surface area contributed by atoms with Gasteiger partial charge in [0.05, 0.1) is 10.6 Å². The maximum Gasteiger partial charge on any atom is 0.255 e. The molecule has 0 radical (unpaired) electrons. The van der Waals surface area contributed by atoms with E-state index in [0.717, 1.165) is 18.8 Å². The van der Waals surface area contributed by atoms with Crippen molar-refractivity contribution in [3.63, 3.8) is 0 Å². The molecule has 5 nitrogen and oxygen atoms in total. The molecule has 0 unspecified atom stereocenters. The molecule has 1 aliphatic rings. The molecule has 1 fully saturated rings. The van der Waals surface area contributed by atoms with Crippen LogP contribution in [0.15, 0.2) is 48.5 Å². The Kier molecular flexibility index (Phi) is 6.72. The van der Waals surface area contributed by atoms with E-state index in [4.69, 9.17) is 23.2 Å². The van der Waals surface area contributed by atoms with Gasteiger partial charge in [-0.1, -0.05) is 41.4 Å². The first kappa shape index (κ1) is 19.7. The van der Waals surface area contributed by atoms with Gasteiger partial charge in [-0.2, -0.15) is 0 Å². The summed E-state index contributed by atoms with van der Waals surface area (Å²) in [4.78, 5) is 28.7. The van der Waals surface area contributed by atoms with Crippen LogP contribution in [0.4, 0.5) is 5.69 Å². The van der Waals surface area contributed by atoms with Gasteiger partial charge in [0.2, 0.25) is 5.91 Å². The summed E-state index contributed by atoms with van der Waals surface area (Å²) in [5, 5.41) is 3.76. The van der Waals surface area contributed by atoms with Crippen LogP contribution in [0.1, 0.15) is 16.8 Å². The highest BCUT2D eigenvalue weighted by Crippen LogP contribution is 2.22. The molecule has 0 spiro atoms. The lowest BCUT2D eigenvalue weighted by atomic mass is 10.1. The maximum absolute atomic E-state index is 12.6. The van der Waals surface area contributed by atoms with Crippen LogP contribution in [0.3, 0.4) is 0 Å². The Hall–Kier alpha value is -2.08. The molecule has 0 aromatic heterocycles. The number of piperazine rings is 1. The van der Waals surface area contributed by atoms with E-state index < -0.39 is 0 Å². The zero-order chi connectivity index (χ0) is 19.2. The largest absolute Gasteiger partial charge is 0.336 e.